The molecule has 2 aromatic carbocycles. The third-order valence-electron chi connectivity index (χ3n) is 3.44. The Bertz CT molecular complexity index is 1000. The average Bonchev–Trinajstić information content (AvgIpc) is 2.97. The summed E-state index contributed by atoms with van der Waals surface area (Å²) in [5.74, 6) is -0.00865. The second kappa shape index (κ2) is 7.03. The van der Waals surface area contributed by atoms with E-state index in [4.69, 9.17) is 23.2 Å². The lowest BCUT2D eigenvalue weighted by Crippen LogP contribution is -2.14. The van der Waals surface area contributed by atoms with Gasteiger partial charge in [0.2, 0.25) is 0 Å². The molecule has 3 aromatic rings. The Morgan fingerprint density at radius 3 is 2.52 bits per heavy atom. The number of aryl methyl sites for hydroxylation is 1. The number of nitrogens with zero attached hydrogens (tertiary/aromatic N) is 3. The number of rotatable bonds is 5. The smallest absolute Gasteiger partial charge is 0.246 e. The predicted molar refractivity (Wildman–Crippen MR) is 97.6 cm³/mol. The van der Waals surface area contributed by atoms with Crippen molar-refractivity contribution in [3.8, 4) is 0 Å². The molecule has 0 amide bonds. The van der Waals surface area contributed by atoms with Crippen LogP contribution in [0.2, 0.25) is 10.0 Å². The van der Waals surface area contributed by atoms with Crippen molar-refractivity contribution in [3.05, 3.63) is 70.0 Å². The topological polar surface area (TPSA) is 76.9 Å². The third kappa shape index (κ3) is 4.31. The first-order valence-electron chi connectivity index (χ1n) is 7.26. The van der Waals surface area contributed by atoms with Crippen molar-refractivity contribution in [1.82, 2.24) is 14.8 Å². The summed E-state index contributed by atoms with van der Waals surface area (Å²) in [6, 6.07) is 11.6. The largest absolute Gasteiger partial charge is 0.264 e. The van der Waals surface area contributed by atoms with Crippen LogP contribution in [0.15, 0.2) is 53.7 Å². The van der Waals surface area contributed by atoms with Crippen LogP contribution in [-0.2, 0) is 16.6 Å². The molecule has 0 radical (unpaired) electrons. The van der Waals surface area contributed by atoms with E-state index in [-0.39, 0.29) is 10.8 Å². The maximum Gasteiger partial charge on any atom is 0.264 e. The molecule has 0 fully saturated rings. The number of benzene rings is 2. The van der Waals surface area contributed by atoms with E-state index in [1.165, 1.54) is 23.1 Å². The van der Waals surface area contributed by atoms with Crippen LogP contribution in [0.5, 0.6) is 0 Å². The molecule has 0 aliphatic carbocycles. The molecule has 1 N–H and O–H groups in total. The van der Waals surface area contributed by atoms with Gasteiger partial charge in [0.05, 0.1) is 11.4 Å². The van der Waals surface area contributed by atoms with Crippen molar-refractivity contribution in [2.24, 2.45) is 0 Å². The maximum absolute atomic E-state index is 12.3. The molecule has 1 heterocycles. The number of anilines is 1. The van der Waals surface area contributed by atoms with Gasteiger partial charge in [-0.25, -0.2) is 17.8 Å². The first-order chi connectivity index (χ1) is 11.8. The van der Waals surface area contributed by atoms with E-state index in [1.54, 1.807) is 30.3 Å². The summed E-state index contributed by atoms with van der Waals surface area (Å²) in [7, 11) is -3.74. The third-order valence-corrected chi connectivity index (χ3v) is 5.37. The van der Waals surface area contributed by atoms with E-state index in [9.17, 15) is 8.42 Å². The van der Waals surface area contributed by atoms with Gasteiger partial charge in [-0.15, -0.1) is 5.10 Å². The van der Waals surface area contributed by atoms with Gasteiger partial charge in [-0.05, 0) is 36.8 Å². The Kier molecular flexibility index (Phi) is 4.99. The molecule has 0 saturated carbocycles. The van der Waals surface area contributed by atoms with Gasteiger partial charge in [-0.2, -0.15) is 4.98 Å². The van der Waals surface area contributed by atoms with Crippen molar-refractivity contribution < 1.29 is 8.42 Å². The molecule has 1 aromatic heterocycles. The van der Waals surface area contributed by atoms with Crippen LogP contribution in [0.25, 0.3) is 0 Å². The SMILES string of the molecule is Cc1ccc(S(=O)(=O)Nc2ncn(Cc3ccc(Cl)cc3Cl)n2)cc1. The Balaban J connectivity index is 1.76. The fourth-order valence-electron chi connectivity index (χ4n) is 2.14. The van der Waals surface area contributed by atoms with E-state index < -0.39 is 10.0 Å². The Labute approximate surface area is 155 Å². The summed E-state index contributed by atoms with van der Waals surface area (Å²) in [5, 5.41) is 5.17. The van der Waals surface area contributed by atoms with Crippen molar-refractivity contribution in [2.75, 3.05) is 4.72 Å². The summed E-state index contributed by atoms with van der Waals surface area (Å²) >= 11 is 12.0. The minimum atomic E-state index is -3.74. The zero-order valence-electron chi connectivity index (χ0n) is 13.1. The normalized spacial score (nSPS) is 11.5. The molecular formula is C16H14Cl2N4O2S. The van der Waals surface area contributed by atoms with Gasteiger partial charge in [0.15, 0.2) is 0 Å². The highest BCUT2D eigenvalue weighted by Crippen LogP contribution is 2.22. The molecule has 25 heavy (non-hydrogen) atoms. The molecule has 0 aliphatic heterocycles. The fourth-order valence-corrected chi connectivity index (χ4v) is 3.55. The number of hydrogen-bond acceptors (Lipinski definition) is 4. The van der Waals surface area contributed by atoms with Crippen LogP contribution < -0.4 is 4.72 Å². The molecule has 0 aliphatic rings. The molecule has 3 rings (SSSR count). The summed E-state index contributed by atoms with van der Waals surface area (Å²) in [6.07, 6.45) is 1.43. The van der Waals surface area contributed by atoms with E-state index in [0.717, 1.165) is 11.1 Å². The van der Waals surface area contributed by atoms with Gasteiger partial charge in [0.1, 0.15) is 6.33 Å². The van der Waals surface area contributed by atoms with Crippen LogP contribution >= 0.6 is 23.2 Å². The number of halogens is 2. The zero-order valence-corrected chi connectivity index (χ0v) is 15.5. The highest BCUT2D eigenvalue weighted by Gasteiger charge is 2.16. The second-order valence-electron chi connectivity index (χ2n) is 5.42. The molecule has 130 valence electrons. The molecule has 0 saturated heterocycles. The minimum Gasteiger partial charge on any atom is -0.246 e. The Morgan fingerprint density at radius 1 is 1.12 bits per heavy atom. The van der Waals surface area contributed by atoms with Crippen molar-refractivity contribution in [3.63, 3.8) is 0 Å². The minimum absolute atomic E-state index is 0.00865. The van der Waals surface area contributed by atoms with E-state index in [0.29, 0.717) is 16.6 Å². The van der Waals surface area contributed by atoms with E-state index in [1.807, 2.05) is 6.92 Å². The van der Waals surface area contributed by atoms with Crippen LogP contribution in [-0.4, -0.2) is 23.2 Å². The average molecular weight is 397 g/mol. The van der Waals surface area contributed by atoms with Crippen molar-refractivity contribution >= 4 is 39.2 Å². The lowest BCUT2D eigenvalue weighted by atomic mass is 10.2. The monoisotopic (exact) mass is 396 g/mol. The molecule has 6 nitrogen and oxygen atoms in total. The fraction of sp³-hybridized carbons (Fsp3) is 0.125. The van der Waals surface area contributed by atoms with Gasteiger partial charge in [0.25, 0.3) is 16.0 Å². The molecule has 0 atom stereocenters. The second-order valence-corrected chi connectivity index (χ2v) is 7.95. The van der Waals surface area contributed by atoms with Gasteiger partial charge in [-0.3, -0.25) is 0 Å². The number of aromatic nitrogens is 3. The van der Waals surface area contributed by atoms with Crippen LogP contribution in [0.4, 0.5) is 5.95 Å². The highest BCUT2D eigenvalue weighted by atomic mass is 35.5. The Hall–Kier alpha value is -2.09. The summed E-state index contributed by atoms with van der Waals surface area (Å²) in [4.78, 5) is 4.13. The van der Waals surface area contributed by atoms with Crippen molar-refractivity contribution in [2.45, 2.75) is 18.4 Å². The summed E-state index contributed by atoms with van der Waals surface area (Å²) < 4.78 is 28.5. The lowest BCUT2D eigenvalue weighted by Gasteiger charge is -2.05. The standard InChI is InChI=1S/C16H14Cl2N4O2S/c1-11-2-6-14(7-3-11)25(23,24)21-16-19-10-22(20-16)9-12-4-5-13(17)8-15(12)18/h2-8,10H,9H2,1H3,(H,20,21). The van der Waals surface area contributed by atoms with Gasteiger partial charge < -0.3 is 0 Å². The Morgan fingerprint density at radius 2 is 1.84 bits per heavy atom. The van der Waals surface area contributed by atoms with Gasteiger partial charge in [-0.1, -0.05) is 47.0 Å². The quantitative estimate of drug-likeness (QED) is 0.712. The number of nitrogens with one attached hydrogen (secondary N) is 1. The number of sulfonamides is 1. The lowest BCUT2D eigenvalue weighted by molar-refractivity contribution is 0.600. The van der Waals surface area contributed by atoms with E-state index >= 15 is 0 Å². The molecular weight excluding hydrogens is 383 g/mol. The zero-order chi connectivity index (χ0) is 18.0. The maximum atomic E-state index is 12.3. The van der Waals surface area contributed by atoms with Gasteiger partial charge in [0, 0.05) is 10.0 Å². The summed E-state index contributed by atoms with van der Waals surface area (Å²) in [5.41, 5.74) is 1.77. The van der Waals surface area contributed by atoms with Crippen LogP contribution in [0, 0.1) is 6.92 Å². The molecule has 0 bridgehead atoms. The summed E-state index contributed by atoms with van der Waals surface area (Å²) in [6.45, 7) is 2.23. The molecule has 0 unspecified atom stereocenters. The first kappa shape index (κ1) is 17.7. The van der Waals surface area contributed by atoms with E-state index in [2.05, 4.69) is 14.8 Å². The van der Waals surface area contributed by atoms with Gasteiger partial charge >= 0.3 is 0 Å². The predicted octanol–water partition coefficient (Wildman–Crippen LogP) is 3.74. The number of hydrogen-bond donors (Lipinski definition) is 1. The van der Waals surface area contributed by atoms with Crippen molar-refractivity contribution in [1.29, 1.82) is 0 Å². The highest BCUT2D eigenvalue weighted by molar-refractivity contribution is 7.92. The molecule has 9 heteroatoms. The first-order valence-corrected chi connectivity index (χ1v) is 9.50. The van der Waals surface area contributed by atoms with Crippen LogP contribution in [0.1, 0.15) is 11.1 Å². The van der Waals surface area contributed by atoms with Crippen LogP contribution in [0.3, 0.4) is 0 Å². The molecule has 0 spiro atoms.